The fraction of sp³-hybridized carbons (Fsp3) is 0.111. The molecule has 0 fully saturated rings. The third kappa shape index (κ3) is 2.21. The minimum atomic E-state index is 0.474. The van der Waals surface area contributed by atoms with Gasteiger partial charge < -0.3 is 5.73 Å². The molecule has 2 aromatic rings. The van der Waals surface area contributed by atoms with E-state index in [9.17, 15) is 0 Å². The van der Waals surface area contributed by atoms with Gasteiger partial charge in [-0.15, -0.1) is 11.3 Å². The van der Waals surface area contributed by atoms with Crippen molar-refractivity contribution in [2.24, 2.45) is 0 Å². The lowest BCUT2D eigenvalue weighted by atomic mass is 10.4. The second kappa shape index (κ2) is 4.19. The quantitative estimate of drug-likeness (QED) is 0.856. The highest BCUT2D eigenvalue weighted by atomic mass is 79.9. The summed E-state index contributed by atoms with van der Waals surface area (Å²) in [7, 11) is 0. The lowest BCUT2D eigenvalue weighted by molar-refractivity contribution is 1.11. The van der Waals surface area contributed by atoms with Crippen molar-refractivity contribution in [2.45, 2.75) is 6.92 Å². The van der Waals surface area contributed by atoms with Crippen molar-refractivity contribution in [2.75, 3.05) is 5.73 Å². The molecule has 0 aliphatic heterocycles. The predicted molar refractivity (Wildman–Crippen MR) is 69.9 cm³/mol. The van der Waals surface area contributed by atoms with Crippen molar-refractivity contribution in [3.05, 3.63) is 26.1 Å². The highest BCUT2D eigenvalue weighted by Crippen LogP contribution is 2.31. The molecular formula is C9H7Br2N3S. The first-order chi connectivity index (χ1) is 7.08. The Labute approximate surface area is 108 Å². The van der Waals surface area contributed by atoms with E-state index in [1.165, 1.54) is 0 Å². The van der Waals surface area contributed by atoms with Crippen LogP contribution in [0.15, 0.2) is 20.4 Å². The van der Waals surface area contributed by atoms with Crippen LogP contribution in [0.25, 0.3) is 10.7 Å². The molecule has 0 aromatic carbocycles. The minimum absolute atomic E-state index is 0.474. The van der Waals surface area contributed by atoms with Gasteiger partial charge in [0.05, 0.1) is 18.8 Å². The number of halogens is 2. The molecule has 0 aliphatic carbocycles. The van der Waals surface area contributed by atoms with E-state index in [0.717, 1.165) is 18.8 Å². The van der Waals surface area contributed by atoms with Gasteiger partial charge in [-0.1, -0.05) is 0 Å². The van der Waals surface area contributed by atoms with Crippen LogP contribution in [0.2, 0.25) is 0 Å². The summed E-state index contributed by atoms with van der Waals surface area (Å²) in [5, 5.41) is 0. The van der Waals surface area contributed by atoms with Crippen molar-refractivity contribution in [1.82, 2.24) is 9.97 Å². The summed E-state index contributed by atoms with van der Waals surface area (Å²) < 4.78 is 1.82. The molecule has 2 aromatic heterocycles. The Kier molecular flexibility index (Phi) is 3.08. The molecule has 0 saturated carbocycles. The second-order valence-electron chi connectivity index (χ2n) is 2.94. The number of nitrogens with zero attached hydrogens (tertiary/aromatic N) is 2. The number of hydrogen-bond acceptors (Lipinski definition) is 4. The Morgan fingerprint density at radius 1 is 1.27 bits per heavy atom. The molecule has 0 atom stereocenters. The molecule has 0 unspecified atom stereocenters. The molecule has 3 nitrogen and oxygen atoms in total. The van der Waals surface area contributed by atoms with Gasteiger partial charge in [0.1, 0.15) is 5.82 Å². The number of anilines is 1. The number of rotatable bonds is 1. The molecule has 0 saturated heterocycles. The molecule has 2 heterocycles. The van der Waals surface area contributed by atoms with Crippen LogP contribution in [-0.2, 0) is 0 Å². The molecule has 0 aliphatic rings. The molecule has 6 heteroatoms. The van der Waals surface area contributed by atoms with Crippen LogP contribution in [-0.4, -0.2) is 9.97 Å². The van der Waals surface area contributed by atoms with Crippen LogP contribution in [0.4, 0.5) is 5.82 Å². The van der Waals surface area contributed by atoms with Gasteiger partial charge in [0.15, 0.2) is 5.82 Å². The monoisotopic (exact) mass is 347 g/mol. The summed E-state index contributed by atoms with van der Waals surface area (Å²) in [6, 6.07) is 3.94. The van der Waals surface area contributed by atoms with Crippen molar-refractivity contribution in [3.8, 4) is 10.7 Å². The maximum Gasteiger partial charge on any atom is 0.171 e. The average Bonchev–Trinajstić information content (AvgIpc) is 2.60. The van der Waals surface area contributed by atoms with Crippen LogP contribution in [0.3, 0.4) is 0 Å². The number of aromatic nitrogens is 2. The molecule has 0 spiro atoms. The molecular weight excluding hydrogens is 342 g/mol. The van der Waals surface area contributed by atoms with E-state index in [-0.39, 0.29) is 0 Å². The summed E-state index contributed by atoms with van der Waals surface area (Å²) >= 11 is 8.32. The van der Waals surface area contributed by atoms with Gasteiger partial charge in [-0.3, -0.25) is 0 Å². The maximum atomic E-state index is 5.76. The van der Waals surface area contributed by atoms with E-state index in [1.54, 1.807) is 11.3 Å². The molecule has 0 bridgehead atoms. The highest BCUT2D eigenvalue weighted by Gasteiger charge is 2.09. The van der Waals surface area contributed by atoms with Crippen LogP contribution in [0, 0.1) is 6.92 Å². The summed E-state index contributed by atoms with van der Waals surface area (Å²) in [6.07, 6.45) is 0. The normalized spacial score (nSPS) is 10.6. The number of hydrogen-bond donors (Lipinski definition) is 1. The first-order valence-corrected chi connectivity index (χ1v) is 6.53. The van der Waals surface area contributed by atoms with Gasteiger partial charge in [0.25, 0.3) is 0 Å². The van der Waals surface area contributed by atoms with E-state index in [2.05, 4.69) is 41.8 Å². The van der Waals surface area contributed by atoms with Gasteiger partial charge in [-0.05, 0) is 50.9 Å². The molecule has 0 radical (unpaired) electrons. The average molecular weight is 349 g/mol. The van der Waals surface area contributed by atoms with E-state index in [1.807, 2.05) is 19.1 Å². The standard InChI is InChI=1S/C9H7Br2N3S/c1-4-7(11)8(12)14-9(13-4)5-2-3-6(10)15-5/h2-3H,1H3,(H2,12,13,14). The maximum absolute atomic E-state index is 5.76. The summed E-state index contributed by atoms with van der Waals surface area (Å²) in [6.45, 7) is 1.90. The molecule has 0 amide bonds. The Balaban J connectivity index is 2.55. The lowest BCUT2D eigenvalue weighted by Gasteiger charge is -2.03. The van der Waals surface area contributed by atoms with Crippen LogP contribution >= 0.6 is 43.2 Å². The molecule has 2 rings (SSSR count). The highest BCUT2D eigenvalue weighted by molar-refractivity contribution is 9.11. The Hall–Kier alpha value is -0.460. The van der Waals surface area contributed by atoms with E-state index < -0.39 is 0 Å². The smallest absolute Gasteiger partial charge is 0.171 e. The summed E-state index contributed by atoms with van der Waals surface area (Å²) in [5.41, 5.74) is 6.61. The largest absolute Gasteiger partial charge is 0.383 e. The topological polar surface area (TPSA) is 51.8 Å². The number of thiophene rings is 1. The summed E-state index contributed by atoms with van der Waals surface area (Å²) in [5.74, 6) is 1.14. The Bertz CT molecular complexity index is 487. The third-order valence-corrected chi connectivity index (χ3v) is 4.44. The molecule has 2 N–H and O–H groups in total. The first kappa shape index (κ1) is 11.0. The second-order valence-corrected chi connectivity index (χ2v) is 6.19. The molecule has 15 heavy (non-hydrogen) atoms. The number of nitrogens with two attached hydrogens (primary N) is 1. The fourth-order valence-electron chi connectivity index (χ4n) is 1.13. The van der Waals surface area contributed by atoms with Gasteiger partial charge in [-0.2, -0.15) is 0 Å². The van der Waals surface area contributed by atoms with Crippen molar-refractivity contribution in [1.29, 1.82) is 0 Å². The van der Waals surface area contributed by atoms with E-state index >= 15 is 0 Å². The van der Waals surface area contributed by atoms with Gasteiger partial charge in [-0.25, -0.2) is 9.97 Å². The number of nitrogen functional groups attached to an aromatic ring is 1. The van der Waals surface area contributed by atoms with Crippen molar-refractivity contribution in [3.63, 3.8) is 0 Å². The predicted octanol–water partition coefficient (Wildman–Crippen LogP) is 3.62. The van der Waals surface area contributed by atoms with Gasteiger partial charge in [0.2, 0.25) is 0 Å². The third-order valence-electron chi connectivity index (χ3n) is 1.84. The minimum Gasteiger partial charge on any atom is -0.383 e. The van der Waals surface area contributed by atoms with Crippen molar-refractivity contribution >= 4 is 49.0 Å². The molecule has 78 valence electrons. The van der Waals surface area contributed by atoms with Crippen LogP contribution in [0.5, 0.6) is 0 Å². The summed E-state index contributed by atoms with van der Waals surface area (Å²) in [4.78, 5) is 9.60. The van der Waals surface area contributed by atoms with Crippen LogP contribution in [0.1, 0.15) is 5.69 Å². The zero-order valence-electron chi connectivity index (χ0n) is 7.79. The fourth-order valence-corrected chi connectivity index (χ4v) is 2.62. The lowest BCUT2D eigenvalue weighted by Crippen LogP contribution is -1.99. The Morgan fingerprint density at radius 2 is 2.00 bits per heavy atom. The Morgan fingerprint density at radius 3 is 2.53 bits per heavy atom. The van der Waals surface area contributed by atoms with Crippen LogP contribution < -0.4 is 5.73 Å². The SMILES string of the molecule is Cc1nc(-c2ccc(Br)s2)nc(N)c1Br. The van der Waals surface area contributed by atoms with E-state index in [4.69, 9.17) is 5.73 Å². The van der Waals surface area contributed by atoms with Gasteiger partial charge in [0, 0.05) is 0 Å². The zero-order chi connectivity index (χ0) is 11.0. The number of aryl methyl sites for hydroxylation is 1. The van der Waals surface area contributed by atoms with E-state index in [0.29, 0.717) is 11.6 Å². The first-order valence-electron chi connectivity index (χ1n) is 4.13. The van der Waals surface area contributed by atoms with Crippen molar-refractivity contribution < 1.29 is 0 Å². The van der Waals surface area contributed by atoms with Gasteiger partial charge >= 0.3 is 0 Å². The zero-order valence-corrected chi connectivity index (χ0v) is 11.8.